The minimum atomic E-state index is -0.306. The highest BCUT2D eigenvalue weighted by atomic mass is 32.1. The summed E-state index contributed by atoms with van der Waals surface area (Å²) in [5.74, 6) is -0.162. The van der Waals surface area contributed by atoms with Crippen molar-refractivity contribution in [3.05, 3.63) is 47.5 Å². The number of amides is 3. The molecule has 3 aromatic rings. The largest absolute Gasteiger partial charge is 0.323 e. The predicted octanol–water partition coefficient (Wildman–Crippen LogP) is 4.52. The number of anilines is 3. The van der Waals surface area contributed by atoms with Crippen molar-refractivity contribution in [1.29, 1.82) is 0 Å². The Morgan fingerprint density at radius 3 is 2.56 bits per heavy atom. The molecule has 1 heterocycles. The number of benzene rings is 2. The fraction of sp³-hybridized carbons (Fsp3) is 0.167. The molecule has 0 aliphatic heterocycles. The molecular formula is C18H18N4O2S. The summed E-state index contributed by atoms with van der Waals surface area (Å²) in [5.41, 5.74) is 4.29. The summed E-state index contributed by atoms with van der Waals surface area (Å²) < 4.78 is 0.883. The van der Waals surface area contributed by atoms with E-state index in [0.717, 1.165) is 27.0 Å². The van der Waals surface area contributed by atoms with E-state index in [1.165, 1.54) is 18.3 Å². The highest BCUT2D eigenvalue weighted by molar-refractivity contribution is 7.22. The van der Waals surface area contributed by atoms with E-state index in [1.54, 1.807) is 6.07 Å². The fourth-order valence-corrected chi connectivity index (χ4v) is 3.31. The van der Waals surface area contributed by atoms with Crippen molar-refractivity contribution in [2.75, 3.05) is 16.0 Å². The molecule has 1 aromatic heterocycles. The van der Waals surface area contributed by atoms with Gasteiger partial charge in [-0.15, -0.1) is 0 Å². The van der Waals surface area contributed by atoms with E-state index >= 15 is 0 Å². The van der Waals surface area contributed by atoms with E-state index in [-0.39, 0.29) is 11.9 Å². The maximum Gasteiger partial charge on any atom is 0.323 e. The summed E-state index contributed by atoms with van der Waals surface area (Å²) >= 11 is 1.36. The summed E-state index contributed by atoms with van der Waals surface area (Å²) in [4.78, 5) is 27.7. The highest BCUT2D eigenvalue weighted by Gasteiger charge is 2.09. The van der Waals surface area contributed by atoms with Crippen molar-refractivity contribution < 1.29 is 9.59 Å². The molecule has 2 aromatic carbocycles. The third-order valence-corrected chi connectivity index (χ3v) is 4.50. The van der Waals surface area contributed by atoms with Crippen LogP contribution in [0.1, 0.15) is 18.1 Å². The number of aryl methyl sites for hydroxylation is 2. The lowest BCUT2D eigenvalue weighted by molar-refractivity contribution is -0.114. The molecule has 0 fully saturated rings. The summed E-state index contributed by atoms with van der Waals surface area (Å²) in [6.45, 7) is 5.37. The Hall–Kier alpha value is -2.93. The average molecular weight is 354 g/mol. The summed E-state index contributed by atoms with van der Waals surface area (Å²) in [6, 6.07) is 11.0. The third kappa shape index (κ3) is 4.13. The number of hydrogen-bond donors (Lipinski definition) is 3. The van der Waals surface area contributed by atoms with Crippen LogP contribution in [0.2, 0.25) is 0 Å². The zero-order valence-electron chi connectivity index (χ0n) is 14.1. The third-order valence-electron chi connectivity index (χ3n) is 3.57. The van der Waals surface area contributed by atoms with E-state index in [4.69, 9.17) is 0 Å². The van der Waals surface area contributed by atoms with Crippen LogP contribution in [0.25, 0.3) is 10.2 Å². The van der Waals surface area contributed by atoms with Crippen LogP contribution in [0, 0.1) is 13.8 Å². The number of nitrogens with one attached hydrogen (secondary N) is 3. The number of carbonyl (C=O) groups is 2. The molecular weight excluding hydrogens is 336 g/mol. The quantitative estimate of drug-likeness (QED) is 0.647. The SMILES string of the molecule is CC(=O)Nc1nc2ccc(NC(=O)Nc3cc(C)ccc3C)cc2s1. The molecule has 0 radical (unpaired) electrons. The second-order valence-corrected chi connectivity index (χ2v) is 6.81. The number of rotatable bonds is 3. The Balaban J connectivity index is 1.74. The lowest BCUT2D eigenvalue weighted by Gasteiger charge is -2.10. The number of fused-ring (bicyclic) bond motifs is 1. The van der Waals surface area contributed by atoms with Crippen LogP contribution in [-0.4, -0.2) is 16.9 Å². The Morgan fingerprint density at radius 1 is 1.00 bits per heavy atom. The van der Waals surface area contributed by atoms with Gasteiger partial charge in [0.25, 0.3) is 0 Å². The number of thiazole rings is 1. The first-order valence-electron chi connectivity index (χ1n) is 7.74. The predicted molar refractivity (Wildman–Crippen MR) is 102 cm³/mol. The standard InChI is InChI=1S/C18H18N4O2S/c1-10-4-5-11(2)15(8-10)21-17(24)20-13-6-7-14-16(9-13)25-18(22-14)19-12(3)23/h4-9H,1-3H3,(H,19,22,23)(H2,20,21,24). The zero-order chi connectivity index (χ0) is 18.0. The van der Waals surface area contributed by atoms with Gasteiger partial charge in [0.1, 0.15) is 0 Å². The first-order valence-corrected chi connectivity index (χ1v) is 8.56. The van der Waals surface area contributed by atoms with Gasteiger partial charge in [-0.3, -0.25) is 4.79 Å². The van der Waals surface area contributed by atoms with Crippen molar-refractivity contribution in [2.24, 2.45) is 0 Å². The molecule has 0 aliphatic rings. The molecule has 0 aliphatic carbocycles. The average Bonchev–Trinajstić information content (AvgIpc) is 2.91. The molecule has 0 saturated carbocycles. The van der Waals surface area contributed by atoms with Gasteiger partial charge in [-0.2, -0.15) is 0 Å². The topological polar surface area (TPSA) is 83.1 Å². The van der Waals surface area contributed by atoms with Gasteiger partial charge in [-0.25, -0.2) is 9.78 Å². The monoisotopic (exact) mass is 354 g/mol. The van der Waals surface area contributed by atoms with Crippen molar-refractivity contribution >= 4 is 50.0 Å². The Labute approximate surface area is 149 Å². The van der Waals surface area contributed by atoms with Gasteiger partial charge in [0.05, 0.1) is 10.2 Å². The van der Waals surface area contributed by atoms with Crippen LogP contribution in [0.4, 0.5) is 21.3 Å². The van der Waals surface area contributed by atoms with E-state index in [9.17, 15) is 9.59 Å². The summed E-state index contributed by atoms with van der Waals surface area (Å²) in [6.07, 6.45) is 0. The molecule has 3 N–H and O–H groups in total. The van der Waals surface area contributed by atoms with Gasteiger partial charge >= 0.3 is 6.03 Å². The van der Waals surface area contributed by atoms with Gasteiger partial charge < -0.3 is 16.0 Å². The molecule has 0 atom stereocenters. The first kappa shape index (κ1) is 16.9. The van der Waals surface area contributed by atoms with Gasteiger partial charge in [-0.05, 0) is 49.2 Å². The molecule has 0 saturated heterocycles. The van der Waals surface area contributed by atoms with Crippen LogP contribution in [0.15, 0.2) is 36.4 Å². The molecule has 3 amide bonds. The van der Waals surface area contributed by atoms with E-state index in [1.807, 2.05) is 44.2 Å². The molecule has 3 rings (SSSR count). The highest BCUT2D eigenvalue weighted by Crippen LogP contribution is 2.28. The van der Waals surface area contributed by atoms with Crippen molar-refractivity contribution in [3.8, 4) is 0 Å². The Bertz CT molecular complexity index is 965. The molecule has 0 bridgehead atoms. The van der Waals surface area contributed by atoms with Crippen LogP contribution in [0.5, 0.6) is 0 Å². The summed E-state index contributed by atoms with van der Waals surface area (Å²) in [7, 11) is 0. The van der Waals surface area contributed by atoms with Crippen LogP contribution in [-0.2, 0) is 4.79 Å². The Kier molecular flexibility index (Phi) is 4.67. The van der Waals surface area contributed by atoms with Crippen molar-refractivity contribution in [1.82, 2.24) is 4.98 Å². The van der Waals surface area contributed by atoms with Gasteiger partial charge in [-0.1, -0.05) is 23.5 Å². The van der Waals surface area contributed by atoms with Gasteiger partial charge in [0, 0.05) is 18.3 Å². The number of nitrogens with zero attached hydrogens (tertiary/aromatic N) is 1. The molecule has 6 nitrogen and oxygen atoms in total. The minimum absolute atomic E-state index is 0.162. The van der Waals surface area contributed by atoms with E-state index in [0.29, 0.717) is 10.8 Å². The molecule has 7 heteroatoms. The Morgan fingerprint density at radius 2 is 1.80 bits per heavy atom. The fourth-order valence-electron chi connectivity index (χ4n) is 2.36. The van der Waals surface area contributed by atoms with Crippen molar-refractivity contribution in [3.63, 3.8) is 0 Å². The second-order valence-electron chi connectivity index (χ2n) is 5.78. The molecule has 25 heavy (non-hydrogen) atoms. The van der Waals surface area contributed by atoms with E-state index < -0.39 is 0 Å². The van der Waals surface area contributed by atoms with Crippen LogP contribution < -0.4 is 16.0 Å². The molecule has 0 unspecified atom stereocenters. The minimum Gasteiger partial charge on any atom is -0.308 e. The maximum absolute atomic E-state index is 12.2. The molecule has 0 spiro atoms. The van der Waals surface area contributed by atoms with Gasteiger partial charge in [0.2, 0.25) is 5.91 Å². The molecule has 128 valence electrons. The lowest BCUT2D eigenvalue weighted by atomic mass is 10.1. The van der Waals surface area contributed by atoms with E-state index in [2.05, 4.69) is 20.9 Å². The normalized spacial score (nSPS) is 10.5. The number of urea groups is 1. The lowest BCUT2D eigenvalue weighted by Crippen LogP contribution is -2.19. The zero-order valence-corrected chi connectivity index (χ0v) is 15.0. The first-order chi connectivity index (χ1) is 11.9. The number of hydrogen-bond acceptors (Lipinski definition) is 4. The second kappa shape index (κ2) is 6.90. The number of carbonyl (C=O) groups excluding carboxylic acids is 2. The van der Waals surface area contributed by atoms with Crippen LogP contribution in [0.3, 0.4) is 0 Å². The number of aromatic nitrogens is 1. The summed E-state index contributed by atoms with van der Waals surface area (Å²) in [5, 5.41) is 8.89. The smallest absolute Gasteiger partial charge is 0.308 e. The maximum atomic E-state index is 12.2. The van der Waals surface area contributed by atoms with Crippen molar-refractivity contribution in [2.45, 2.75) is 20.8 Å². The van der Waals surface area contributed by atoms with Gasteiger partial charge in [0.15, 0.2) is 5.13 Å². The van der Waals surface area contributed by atoms with Crippen LogP contribution >= 0.6 is 11.3 Å².